The molecule has 2 aromatic heterocycles. The highest BCUT2D eigenvalue weighted by molar-refractivity contribution is 5.88. The normalized spacial score (nSPS) is 16.7. The smallest absolute Gasteiger partial charge is 0.141 e. The Morgan fingerprint density at radius 1 is 1.40 bits per heavy atom. The highest BCUT2D eigenvalue weighted by atomic mass is 15.5. The number of rotatable bonds is 1. The summed E-state index contributed by atoms with van der Waals surface area (Å²) in [5, 5.41) is 3.08. The van der Waals surface area contributed by atoms with Crippen LogP contribution < -0.4 is 5.43 Å². The van der Waals surface area contributed by atoms with Gasteiger partial charge in [-0.3, -0.25) is 0 Å². The van der Waals surface area contributed by atoms with E-state index in [1.54, 1.807) is 6.33 Å². The molecular formula is C10H11N5. The van der Waals surface area contributed by atoms with Crippen molar-refractivity contribution in [3.63, 3.8) is 0 Å². The lowest BCUT2D eigenvalue weighted by molar-refractivity contribution is 0.334. The molecule has 0 bridgehead atoms. The van der Waals surface area contributed by atoms with Gasteiger partial charge in [-0.15, -0.1) is 0 Å². The highest BCUT2D eigenvalue weighted by Crippen LogP contribution is 2.22. The van der Waals surface area contributed by atoms with Crippen molar-refractivity contribution in [2.75, 3.05) is 13.6 Å². The second-order valence-electron chi connectivity index (χ2n) is 3.62. The van der Waals surface area contributed by atoms with Crippen LogP contribution in [-0.4, -0.2) is 33.6 Å². The van der Waals surface area contributed by atoms with Gasteiger partial charge in [-0.25, -0.2) is 15.0 Å². The van der Waals surface area contributed by atoms with E-state index in [1.165, 1.54) is 5.57 Å². The quantitative estimate of drug-likeness (QED) is 0.714. The number of aromatic nitrogens is 3. The molecule has 1 aliphatic rings. The van der Waals surface area contributed by atoms with Crippen molar-refractivity contribution >= 4 is 16.6 Å². The van der Waals surface area contributed by atoms with Gasteiger partial charge in [0.15, 0.2) is 0 Å². The van der Waals surface area contributed by atoms with Crippen LogP contribution in [0.25, 0.3) is 16.6 Å². The van der Waals surface area contributed by atoms with Gasteiger partial charge >= 0.3 is 0 Å². The molecule has 0 radical (unpaired) electrons. The highest BCUT2D eigenvalue weighted by Gasteiger charge is 2.15. The molecule has 0 aromatic carbocycles. The van der Waals surface area contributed by atoms with E-state index in [0.29, 0.717) is 0 Å². The third kappa shape index (κ3) is 1.28. The first-order chi connectivity index (χ1) is 7.34. The van der Waals surface area contributed by atoms with Crippen molar-refractivity contribution in [2.45, 2.75) is 0 Å². The maximum absolute atomic E-state index is 4.33. The van der Waals surface area contributed by atoms with E-state index < -0.39 is 0 Å². The number of hydrazine groups is 1. The van der Waals surface area contributed by atoms with E-state index in [9.17, 15) is 0 Å². The van der Waals surface area contributed by atoms with Crippen LogP contribution in [0.5, 0.6) is 0 Å². The SMILES string of the molecule is CN1CC(c2ncnc3[nH]ccc23)=CN1. The van der Waals surface area contributed by atoms with Crippen LogP contribution >= 0.6 is 0 Å². The van der Waals surface area contributed by atoms with E-state index in [-0.39, 0.29) is 0 Å². The molecule has 0 saturated heterocycles. The van der Waals surface area contributed by atoms with E-state index in [1.807, 2.05) is 30.5 Å². The Morgan fingerprint density at radius 3 is 3.13 bits per heavy atom. The Kier molecular flexibility index (Phi) is 1.72. The third-order valence-corrected chi connectivity index (χ3v) is 2.52. The van der Waals surface area contributed by atoms with Gasteiger partial charge in [0.05, 0.1) is 5.69 Å². The molecule has 5 heteroatoms. The summed E-state index contributed by atoms with van der Waals surface area (Å²) in [6.45, 7) is 0.858. The van der Waals surface area contributed by atoms with E-state index in [0.717, 1.165) is 23.3 Å². The van der Waals surface area contributed by atoms with Crippen molar-refractivity contribution in [1.82, 2.24) is 25.4 Å². The van der Waals surface area contributed by atoms with Crippen LogP contribution in [0.2, 0.25) is 0 Å². The predicted molar refractivity (Wildman–Crippen MR) is 57.6 cm³/mol. The van der Waals surface area contributed by atoms with E-state index in [4.69, 9.17) is 0 Å². The summed E-state index contributed by atoms with van der Waals surface area (Å²) in [6.07, 6.45) is 5.46. The van der Waals surface area contributed by atoms with Gasteiger partial charge in [-0.1, -0.05) is 0 Å². The Hall–Kier alpha value is -1.88. The zero-order valence-electron chi connectivity index (χ0n) is 8.36. The second kappa shape index (κ2) is 3.06. The minimum atomic E-state index is 0.858. The zero-order valence-corrected chi connectivity index (χ0v) is 8.36. The Bertz CT molecular complexity index is 527. The van der Waals surface area contributed by atoms with Crippen LogP contribution in [0.15, 0.2) is 24.8 Å². The molecule has 2 aromatic rings. The van der Waals surface area contributed by atoms with Gasteiger partial charge in [-0.2, -0.15) is 0 Å². The number of H-pyrrole nitrogens is 1. The standard InChI is InChI=1S/C10H11N5/c1-15-5-7(4-14-15)9-8-2-3-11-10(8)13-6-12-9/h2-4,6,14H,5H2,1H3,(H,11,12,13). The van der Waals surface area contributed by atoms with Crippen molar-refractivity contribution < 1.29 is 0 Å². The maximum atomic E-state index is 4.33. The largest absolute Gasteiger partial charge is 0.346 e. The summed E-state index contributed by atoms with van der Waals surface area (Å²) in [6, 6.07) is 2.00. The fraction of sp³-hybridized carbons (Fsp3) is 0.200. The number of likely N-dealkylation sites (N-methyl/N-ethyl adjacent to an activating group) is 1. The van der Waals surface area contributed by atoms with Crippen molar-refractivity contribution in [3.05, 3.63) is 30.5 Å². The monoisotopic (exact) mass is 201 g/mol. The molecule has 0 atom stereocenters. The molecule has 5 nitrogen and oxygen atoms in total. The number of nitrogens with zero attached hydrogens (tertiary/aromatic N) is 3. The average molecular weight is 201 g/mol. The molecule has 0 spiro atoms. The fourth-order valence-corrected chi connectivity index (χ4v) is 1.81. The van der Waals surface area contributed by atoms with Crippen LogP contribution in [0.1, 0.15) is 5.69 Å². The fourth-order valence-electron chi connectivity index (χ4n) is 1.81. The summed E-state index contributed by atoms with van der Waals surface area (Å²) in [4.78, 5) is 11.6. The molecule has 0 fully saturated rings. The Balaban J connectivity index is 2.15. The predicted octanol–water partition coefficient (Wildman–Crippen LogP) is 0.749. The number of nitrogens with one attached hydrogen (secondary N) is 2. The van der Waals surface area contributed by atoms with Gasteiger partial charge in [0.2, 0.25) is 0 Å². The first-order valence-electron chi connectivity index (χ1n) is 4.79. The van der Waals surface area contributed by atoms with Gasteiger partial charge in [-0.05, 0) is 6.07 Å². The molecule has 15 heavy (non-hydrogen) atoms. The molecular weight excluding hydrogens is 190 g/mol. The van der Waals surface area contributed by atoms with Gasteiger partial charge in [0.25, 0.3) is 0 Å². The molecule has 0 unspecified atom stereocenters. The van der Waals surface area contributed by atoms with Gasteiger partial charge < -0.3 is 10.4 Å². The molecule has 0 aliphatic carbocycles. The number of aromatic amines is 1. The van der Waals surface area contributed by atoms with E-state index in [2.05, 4.69) is 20.4 Å². The topological polar surface area (TPSA) is 56.8 Å². The zero-order chi connectivity index (χ0) is 10.3. The maximum Gasteiger partial charge on any atom is 0.141 e. The molecule has 0 saturated carbocycles. The van der Waals surface area contributed by atoms with Crippen LogP contribution in [0.3, 0.4) is 0 Å². The lowest BCUT2D eigenvalue weighted by atomic mass is 10.1. The molecule has 3 heterocycles. The van der Waals surface area contributed by atoms with Gasteiger partial charge in [0, 0.05) is 36.9 Å². The average Bonchev–Trinajstić information content (AvgIpc) is 2.84. The van der Waals surface area contributed by atoms with E-state index >= 15 is 0 Å². The number of fused-ring (bicyclic) bond motifs is 1. The number of hydrogen-bond acceptors (Lipinski definition) is 4. The van der Waals surface area contributed by atoms with Crippen molar-refractivity contribution in [1.29, 1.82) is 0 Å². The van der Waals surface area contributed by atoms with Crippen LogP contribution in [-0.2, 0) is 0 Å². The molecule has 0 amide bonds. The minimum absolute atomic E-state index is 0.858. The van der Waals surface area contributed by atoms with Crippen molar-refractivity contribution in [3.8, 4) is 0 Å². The lowest BCUT2D eigenvalue weighted by Gasteiger charge is -2.07. The van der Waals surface area contributed by atoms with Crippen LogP contribution in [0.4, 0.5) is 0 Å². The van der Waals surface area contributed by atoms with Crippen LogP contribution in [0, 0.1) is 0 Å². The summed E-state index contributed by atoms with van der Waals surface area (Å²) in [7, 11) is 2.00. The molecule has 3 rings (SSSR count). The third-order valence-electron chi connectivity index (χ3n) is 2.52. The van der Waals surface area contributed by atoms with Gasteiger partial charge in [0.1, 0.15) is 12.0 Å². The summed E-state index contributed by atoms with van der Waals surface area (Å²) in [5.41, 5.74) is 6.19. The first kappa shape index (κ1) is 8.43. The Labute approximate surface area is 86.8 Å². The number of hydrogen-bond donors (Lipinski definition) is 2. The summed E-state index contributed by atoms with van der Waals surface area (Å²) >= 11 is 0. The summed E-state index contributed by atoms with van der Waals surface area (Å²) < 4.78 is 0. The first-order valence-corrected chi connectivity index (χ1v) is 4.79. The molecule has 1 aliphatic heterocycles. The minimum Gasteiger partial charge on any atom is -0.346 e. The second-order valence-corrected chi connectivity index (χ2v) is 3.62. The lowest BCUT2D eigenvalue weighted by Crippen LogP contribution is -2.24. The molecule has 76 valence electrons. The summed E-state index contributed by atoms with van der Waals surface area (Å²) in [5.74, 6) is 0. The molecule has 2 N–H and O–H groups in total. The Morgan fingerprint density at radius 2 is 2.33 bits per heavy atom. The van der Waals surface area contributed by atoms with Crippen molar-refractivity contribution in [2.24, 2.45) is 0 Å².